The first-order valence-corrected chi connectivity index (χ1v) is 10.2. The summed E-state index contributed by atoms with van der Waals surface area (Å²) in [5.74, 6) is 0.666. The Morgan fingerprint density at radius 1 is 1.10 bits per heavy atom. The fraction of sp³-hybridized carbons (Fsp3) is 0.167. The topological polar surface area (TPSA) is 55.6 Å². The molecule has 1 amide bonds. The van der Waals surface area contributed by atoms with Gasteiger partial charge in [0.25, 0.3) is 0 Å². The number of rotatable bonds is 6. The van der Waals surface area contributed by atoms with Crippen molar-refractivity contribution >= 4 is 28.8 Å². The highest BCUT2D eigenvalue weighted by atomic mass is 35.5. The van der Waals surface area contributed by atoms with Crippen molar-refractivity contribution in [2.24, 2.45) is 0 Å². The van der Waals surface area contributed by atoms with Crippen LogP contribution in [-0.4, -0.2) is 15.3 Å². The minimum atomic E-state index is -0.488. The number of carbonyl (C=O) groups is 1. The highest BCUT2D eigenvalue weighted by Gasteiger charge is 2.51. The van der Waals surface area contributed by atoms with Gasteiger partial charge in [-0.05, 0) is 54.8 Å². The maximum Gasteiger partial charge on any atom is 0.235 e. The van der Waals surface area contributed by atoms with Crippen molar-refractivity contribution in [3.63, 3.8) is 0 Å². The zero-order valence-corrected chi connectivity index (χ0v) is 17.0. The van der Waals surface area contributed by atoms with Gasteiger partial charge in [0.2, 0.25) is 5.91 Å². The molecular weight excluding hydrogens is 398 g/mol. The Morgan fingerprint density at radius 2 is 1.97 bits per heavy atom. The largest absolute Gasteiger partial charge is 0.487 e. The summed E-state index contributed by atoms with van der Waals surface area (Å²) in [5.41, 5.74) is 2.91. The molecule has 0 atom stereocenters. The lowest BCUT2D eigenvalue weighted by Crippen LogP contribution is -2.27. The van der Waals surface area contributed by atoms with Gasteiger partial charge in [-0.25, -0.2) is 4.98 Å². The summed E-state index contributed by atoms with van der Waals surface area (Å²) >= 11 is 6.12. The van der Waals surface area contributed by atoms with E-state index < -0.39 is 5.41 Å². The SMILES string of the molecule is O=C(Nc1cccc(OCc2cn3ccccc3n2)c1)C1(c2cccc(Cl)c2)CC1. The van der Waals surface area contributed by atoms with Crippen molar-refractivity contribution in [3.8, 4) is 5.75 Å². The zero-order valence-electron chi connectivity index (χ0n) is 16.2. The molecule has 6 heteroatoms. The molecule has 0 radical (unpaired) electrons. The molecule has 2 aromatic carbocycles. The lowest BCUT2D eigenvalue weighted by Gasteiger charge is -2.16. The number of fused-ring (bicyclic) bond motifs is 1. The third-order valence-electron chi connectivity index (χ3n) is 5.45. The van der Waals surface area contributed by atoms with Crippen molar-refractivity contribution in [2.45, 2.75) is 24.9 Å². The molecule has 4 aromatic rings. The van der Waals surface area contributed by atoms with E-state index in [2.05, 4.69) is 10.3 Å². The third kappa shape index (κ3) is 3.64. The van der Waals surface area contributed by atoms with Gasteiger partial charge in [-0.1, -0.05) is 35.9 Å². The second kappa shape index (κ2) is 7.50. The minimum Gasteiger partial charge on any atom is -0.487 e. The highest BCUT2D eigenvalue weighted by Crippen LogP contribution is 2.49. The molecule has 1 saturated carbocycles. The number of hydrogen-bond donors (Lipinski definition) is 1. The molecule has 1 fully saturated rings. The Labute approximate surface area is 179 Å². The summed E-state index contributed by atoms with van der Waals surface area (Å²) in [5, 5.41) is 3.69. The van der Waals surface area contributed by atoms with E-state index in [4.69, 9.17) is 16.3 Å². The van der Waals surface area contributed by atoms with E-state index in [1.54, 1.807) is 0 Å². The molecule has 150 valence electrons. The minimum absolute atomic E-state index is 0.0118. The fourth-order valence-electron chi connectivity index (χ4n) is 3.69. The molecule has 0 aliphatic heterocycles. The van der Waals surface area contributed by atoms with Crippen molar-refractivity contribution in [2.75, 3.05) is 5.32 Å². The summed E-state index contributed by atoms with van der Waals surface area (Å²) in [4.78, 5) is 17.5. The Kier molecular flexibility index (Phi) is 4.68. The van der Waals surface area contributed by atoms with Crippen molar-refractivity contribution in [1.82, 2.24) is 9.38 Å². The van der Waals surface area contributed by atoms with E-state index in [9.17, 15) is 4.79 Å². The van der Waals surface area contributed by atoms with Crippen molar-refractivity contribution < 1.29 is 9.53 Å². The molecule has 1 N–H and O–H groups in total. The van der Waals surface area contributed by atoms with Crippen LogP contribution in [0.1, 0.15) is 24.1 Å². The second-order valence-corrected chi connectivity index (χ2v) is 8.00. The third-order valence-corrected chi connectivity index (χ3v) is 5.69. The average molecular weight is 418 g/mol. The van der Waals surface area contributed by atoms with Crippen LogP contribution >= 0.6 is 11.6 Å². The molecule has 30 heavy (non-hydrogen) atoms. The number of halogens is 1. The van der Waals surface area contributed by atoms with Gasteiger partial charge in [-0.2, -0.15) is 0 Å². The number of pyridine rings is 1. The molecule has 1 aliphatic rings. The normalized spacial score (nSPS) is 14.4. The summed E-state index contributed by atoms with van der Waals surface area (Å²) in [6.45, 7) is 0.353. The first-order chi connectivity index (χ1) is 14.6. The maximum absolute atomic E-state index is 13.0. The van der Waals surface area contributed by atoms with E-state index >= 15 is 0 Å². The highest BCUT2D eigenvalue weighted by molar-refractivity contribution is 6.30. The van der Waals surface area contributed by atoms with Crippen molar-refractivity contribution in [1.29, 1.82) is 0 Å². The molecule has 0 bridgehead atoms. The van der Waals surface area contributed by atoms with Crippen LogP contribution in [-0.2, 0) is 16.8 Å². The van der Waals surface area contributed by atoms with Crippen LogP contribution in [0.15, 0.2) is 79.1 Å². The number of aromatic nitrogens is 2. The van der Waals surface area contributed by atoms with Crippen LogP contribution in [0.5, 0.6) is 5.75 Å². The maximum atomic E-state index is 13.0. The monoisotopic (exact) mass is 417 g/mol. The summed E-state index contributed by atoms with van der Waals surface area (Å²) in [7, 11) is 0. The van der Waals surface area contributed by atoms with Crippen LogP contribution in [0.3, 0.4) is 0 Å². The predicted octanol–water partition coefficient (Wildman–Crippen LogP) is 5.24. The van der Waals surface area contributed by atoms with E-state index in [-0.39, 0.29) is 5.91 Å². The Morgan fingerprint density at radius 3 is 2.77 bits per heavy atom. The van der Waals surface area contributed by atoms with Gasteiger partial charge in [0.1, 0.15) is 18.0 Å². The zero-order chi connectivity index (χ0) is 20.6. The van der Waals surface area contributed by atoms with Crippen LogP contribution in [0.4, 0.5) is 5.69 Å². The molecule has 0 unspecified atom stereocenters. The van der Waals surface area contributed by atoms with E-state index in [1.165, 1.54) is 0 Å². The smallest absolute Gasteiger partial charge is 0.235 e. The van der Waals surface area contributed by atoms with E-state index in [0.717, 1.165) is 29.7 Å². The molecule has 5 rings (SSSR count). The van der Waals surface area contributed by atoms with Gasteiger partial charge in [0.05, 0.1) is 11.1 Å². The molecule has 0 saturated heterocycles. The van der Waals surface area contributed by atoms with Gasteiger partial charge in [0, 0.05) is 29.2 Å². The summed E-state index contributed by atoms with van der Waals surface area (Å²) in [6.07, 6.45) is 5.55. The van der Waals surface area contributed by atoms with Crippen LogP contribution in [0.25, 0.3) is 5.65 Å². The predicted molar refractivity (Wildman–Crippen MR) is 117 cm³/mol. The Balaban J connectivity index is 1.27. The lowest BCUT2D eigenvalue weighted by molar-refractivity contribution is -0.118. The van der Waals surface area contributed by atoms with Gasteiger partial charge in [0.15, 0.2) is 0 Å². The molecule has 0 spiro atoms. The van der Waals surface area contributed by atoms with Crippen LogP contribution in [0, 0.1) is 0 Å². The Bertz CT molecular complexity index is 1200. The average Bonchev–Trinajstić information content (AvgIpc) is 3.46. The number of imidazole rings is 1. The number of nitrogens with zero attached hydrogens (tertiary/aromatic N) is 2. The molecule has 1 aliphatic carbocycles. The van der Waals surface area contributed by atoms with Crippen LogP contribution in [0.2, 0.25) is 5.02 Å². The number of hydrogen-bond acceptors (Lipinski definition) is 3. The van der Waals surface area contributed by atoms with Gasteiger partial charge in [-0.15, -0.1) is 0 Å². The molecule has 5 nitrogen and oxygen atoms in total. The number of nitrogens with one attached hydrogen (secondary N) is 1. The van der Waals surface area contributed by atoms with Gasteiger partial charge < -0.3 is 14.5 Å². The van der Waals surface area contributed by atoms with Crippen LogP contribution < -0.4 is 10.1 Å². The number of benzene rings is 2. The summed E-state index contributed by atoms with van der Waals surface area (Å²) < 4.78 is 7.86. The number of carbonyl (C=O) groups excluding carboxylic acids is 1. The summed E-state index contributed by atoms with van der Waals surface area (Å²) in [6, 6.07) is 20.9. The molecule has 2 heterocycles. The van der Waals surface area contributed by atoms with E-state index in [0.29, 0.717) is 23.1 Å². The van der Waals surface area contributed by atoms with Crippen molar-refractivity contribution in [3.05, 3.63) is 95.4 Å². The first-order valence-electron chi connectivity index (χ1n) is 9.85. The Hall–Kier alpha value is -3.31. The standard InChI is InChI=1S/C24H20ClN3O2/c25-18-6-3-5-17(13-18)24(10-11-24)23(29)27-19-7-4-8-21(14-19)30-16-20-15-28-12-2-1-9-22(28)26-20/h1-9,12-15H,10-11,16H2,(H,27,29). The number of amides is 1. The molecule has 2 aromatic heterocycles. The van der Waals surface area contributed by atoms with Gasteiger partial charge in [-0.3, -0.25) is 4.79 Å². The van der Waals surface area contributed by atoms with E-state index in [1.807, 2.05) is 83.5 Å². The fourth-order valence-corrected chi connectivity index (χ4v) is 3.88. The number of anilines is 1. The second-order valence-electron chi connectivity index (χ2n) is 7.56. The quantitative estimate of drug-likeness (QED) is 0.467. The van der Waals surface area contributed by atoms with Gasteiger partial charge >= 0.3 is 0 Å². The first kappa shape index (κ1) is 18.7. The molecular formula is C24H20ClN3O2. The number of ether oxygens (including phenoxy) is 1. The lowest BCUT2D eigenvalue weighted by atomic mass is 9.95.